The standard InChI is InChI=1S/C19H20BrF3N4OS/c1-11-25-10-12(9-24)16(26-11)8-19(17(22)23,27-29(28)18(2,3)4)14-7-13(20)5-6-15(14)21/h5-7,10,17,27H,8H2,1-4H3. The van der Waals surface area contributed by atoms with Crippen molar-refractivity contribution in [3.05, 3.63) is 57.3 Å². The molecule has 2 atom stereocenters. The van der Waals surface area contributed by atoms with Gasteiger partial charge in [-0.05, 0) is 45.9 Å². The Hall–Kier alpha value is -1.83. The molecular formula is C19H20BrF3N4OS. The van der Waals surface area contributed by atoms with Crippen LogP contribution in [0.15, 0.2) is 28.9 Å². The topological polar surface area (TPSA) is 78.7 Å². The van der Waals surface area contributed by atoms with E-state index in [0.29, 0.717) is 4.47 Å². The van der Waals surface area contributed by atoms with Crippen molar-refractivity contribution in [2.24, 2.45) is 0 Å². The molecule has 5 nitrogen and oxygen atoms in total. The lowest BCUT2D eigenvalue weighted by Gasteiger charge is -2.36. The fourth-order valence-corrected chi connectivity index (χ4v) is 3.86. The fourth-order valence-electron chi connectivity index (χ4n) is 2.59. The molecule has 0 radical (unpaired) electrons. The summed E-state index contributed by atoms with van der Waals surface area (Å²) >= 11 is 3.18. The highest BCUT2D eigenvalue weighted by atomic mass is 79.9. The van der Waals surface area contributed by atoms with Gasteiger partial charge in [0.2, 0.25) is 0 Å². The molecule has 0 aliphatic rings. The summed E-state index contributed by atoms with van der Waals surface area (Å²) in [5.74, 6) is -0.620. The summed E-state index contributed by atoms with van der Waals surface area (Å²) in [6.45, 7) is 6.38. The Bertz CT molecular complexity index is 975. The molecule has 0 aliphatic heterocycles. The van der Waals surface area contributed by atoms with Crippen LogP contribution in [-0.4, -0.2) is 25.3 Å². The highest BCUT2D eigenvalue weighted by Gasteiger charge is 2.47. The van der Waals surface area contributed by atoms with Gasteiger partial charge in [0.25, 0.3) is 6.43 Å². The molecule has 2 aromatic rings. The minimum atomic E-state index is -3.17. The Morgan fingerprint density at radius 3 is 2.55 bits per heavy atom. The number of rotatable bonds is 6. The van der Waals surface area contributed by atoms with E-state index in [4.69, 9.17) is 0 Å². The summed E-state index contributed by atoms with van der Waals surface area (Å²) in [6, 6.07) is 5.52. The van der Waals surface area contributed by atoms with Crippen LogP contribution in [0.5, 0.6) is 0 Å². The van der Waals surface area contributed by atoms with Crippen LogP contribution in [0.3, 0.4) is 0 Å². The number of aryl methyl sites for hydroxylation is 1. The zero-order chi connectivity index (χ0) is 22.0. The van der Waals surface area contributed by atoms with Crippen molar-refractivity contribution >= 4 is 26.9 Å². The van der Waals surface area contributed by atoms with Crippen LogP contribution < -0.4 is 4.72 Å². The molecule has 0 bridgehead atoms. The number of aromatic nitrogens is 2. The number of nitrogens with one attached hydrogen (secondary N) is 1. The first-order valence-corrected chi connectivity index (χ1v) is 10.5. The highest BCUT2D eigenvalue weighted by molar-refractivity contribution is 9.10. The molecule has 0 fully saturated rings. The van der Waals surface area contributed by atoms with Crippen molar-refractivity contribution in [3.8, 4) is 6.07 Å². The first-order valence-electron chi connectivity index (χ1n) is 8.56. The summed E-state index contributed by atoms with van der Waals surface area (Å²) < 4.78 is 58.7. The third-order valence-corrected chi connectivity index (χ3v) is 6.32. The van der Waals surface area contributed by atoms with Crippen molar-refractivity contribution in [1.82, 2.24) is 14.7 Å². The van der Waals surface area contributed by atoms with Gasteiger partial charge in [-0.25, -0.2) is 32.1 Å². The summed E-state index contributed by atoms with van der Waals surface area (Å²) in [5, 5.41) is 9.35. The number of alkyl halides is 2. The fraction of sp³-hybridized carbons (Fsp3) is 0.421. The molecule has 1 aromatic heterocycles. The number of nitriles is 1. The summed E-state index contributed by atoms with van der Waals surface area (Å²) in [6.07, 6.45) is -2.50. The Balaban J connectivity index is 2.76. The number of benzene rings is 1. The quantitative estimate of drug-likeness (QED) is 0.656. The second-order valence-corrected chi connectivity index (χ2v) is 10.3. The van der Waals surface area contributed by atoms with E-state index in [1.807, 2.05) is 6.07 Å². The lowest BCUT2D eigenvalue weighted by Crippen LogP contribution is -2.54. The van der Waals surface area contributed by atoms with Gasteiger partial charge >= 0.3 is 0 Å². The molecule has 0 saturated heterocycles. The van der Waals surface area contributed by atoms with Crippen molar-refractivity contribution in [2.45, 2.75) is 50.8 Å². The van der Waals surface area contributed by atoms with Gasteiger partial charge in [-0.3, -0.25) is 0 Å². The van der Waals surface area contributed by atoms with E-state index in [1.165, 1.54) is 18.3 Å². The van der Waals surface area contributed by atoms with Crippen molar-refractivity contribution in [2.75, 3.05) is 0 Å². The first kappa shape index (κ1) is 23.4. The maximum atomic E-state index is 14.7. The molecular weight excluding hydrogens is 469 g/mol. The monoisotopic (exact) mass is 488 g/mol. The van der Waals surface area contributed by atoms with E-state index in [0.717, 1.165) is 6.07 Å². The molecule has 0 saturated carbocycles. The van der Waals surface area contributed by atoms with Crippen LogP contribution in [0.4, 0.5) is 13.2 Å². The minimum absolute atomic E-state index is 0.0121. The predicted octanol–water partition coefficient (Wildman–Crippen LogP) is 4.31. The van der Waals surface area contributed by atoms with E-state index in [-0.39, 0.29) is 22.6 Å². The molecule has 2 unspecified atom stereocenters. The molecule has 1 N–H and O–H groups in total. The molecule has 156 valence electrons. The van der Waals surface area contributed by atoms with Crippen molar-refractivity contribution < 1.29 is 17.4 Å². The van der Waals surface area contributed by atoms with Crippen LogP contribution in [0, 0.1) is 24.1 Å². The third-order valence-electron chi connectivity index (χ3n) is 4.17. The van der Waals surface area contributed by atoms with Gasteiger partial charge in [0.15, 0.2) is 0 Å². The Morgan fingerprint density at radius 2 is 2.00 bits per heavy atom. The second-order valence-electron chi connectivity index (χ2n) is 7.45. The molecule has 0 amide bonds. The lowest BCUT2D eigenvalue weighted by molar-refractivity contribution is 0.0389. The molecule has 0 spiro atoms. The SMILES string of the molecule is Cc1ncc(C#N)c(CC(NS(=O)C(C)(C)C)(c2cc(Br)ccc2F)C(F)F)n1. The van der Waals surface area contributed by atoms with Crippen LogP contribution in [-0.2, 0) is 22.9 Å². The van der Waals surface area contributed by atoms with Crippen LogP contribution in [0.2, 0.25) is 0 Å². The summed E-state index contributed by atoms with van der Waals surface area (Å²) in [5.41, 5.74) is -2.77. The van der Waals surface area contributed by atoms with E-state index < -0.39 is 39.9 Å². The highest BCUT2D eigenvalue weighted by Crippen LogP contribution is 2.37. The molecule has 1 aromatic carbocycles. The summed E-state index contributed by atoms with van der Waals surface area (Å²) in [7, 11) is -1.97. The summed E-state index contributed by atoms with van der Waals surface area (Å²) in [4.78, 5) is 8.03. The number of hydrogen-bond acceptors (Lipinski definition) is 4. The zero-order valence-corrected chi connectivity index (χ0v) is 18.7. The van der Waals surface area contributed by atoms with Crippen molar-refractivity contribution in [1.29, 1.82) is 5.26 Å². The van der Waals surface area contributed by atoms with Gasteiger partial charge in [-0.2, -0.15) is 5.26 Å². The van der Waals surface area contributed by atoms with Gasteiger partial charge in [0.1, 0.15) is 23.2 Å². The Labute approximate surface area is 178 Å². The average molecular weight is 489 g/mol. The van der Waals surface area contributed by atoms with E-state index in [1.54, 1.807) is 27.7 Å². The molecule has 10 heteroatoms. The average Bonchev–Trinajstić information content (AvgIpc) is 2.62. The molecule has 1 heterocycles. The first-order chi connectivity index (χ1) is 13.4. The number of nitrogens with zero attached hydrogens (tertiary/aromatic N) is 3. The minimum Gasteiger partial charge on any atom is -0.242 e. The van der Waals surface area contributed by atoms with Gasteiger partial charge < -0.3 is 0 Å². The van der Waals surface area contributed by atoms with E-state index >= 15 is 0 Å². The molecule has 2 rings (SSSR count). The van der Waals surface area contributed by atoms with Crippen LogP contribution >= 0.6 is 15.9 Å². The van der Waals surface area contributed by atoms with E-state index in [2.05, 4.69) is 30.6 Å². The molecule has 0 aliphatic carbocycles. The normalized spacial score (nSPS) is 15.0. The number of hydrogen-bond donors (Lipinski definition) is 1. The largest absolute Gasteiger partial charge is 0.261 e. The molecule has 29 heavy (non-hydrogen) atoms. The maximum Gasteiger partial charge on any atom is 0.261 e. The van der Waals surface area contributed by atoms with E-state index in [9.17, 15) is 22.6 Å². The van der Waals surface area contributed by atoms with Gasteiger partial charge in [0.05, 0.1) is 27.0 Å². The van der Waals surface area contributed by atoms with Gasteiger partial charge in [0, 0.05) is 22.7 Å². The Morgan fingerprint density at radius 1 is 1.34 bits per heavy atom. The maximum absolute atomic E-state index is 14.7. The van der Waals surface area contributed by atoms with Gasteiger partial charge in [-0.1, -0.05) is 15.9 Å². The second kappa shape index (κ2) is 8.90. The van der Waals surface area contributed by atoms with Crippen LogP contribution in [0.25, 0.3) is 0 Å². The van der Waals surface area contributed by atoms with Gasteiger partial charge in [-0.15, -0.1) is 0 Å². The van der Waals surface area contributed by atoms with Crippen molar-refractivity contribution in [3.63, 3.8) is 0 Å². The van der Waals surface area contributed by atoms with Crippen LogP contribution in [0.1, 0.15) is 43.4 Å². The smallest absolute Gasteiger partial charge is 0.242 e. The Kier molecular flexibility index (Phi) is 7.19. The number of halogens is 4. The predicted molar refractivity (Wildman–Crippen MR) is 108 cm³/mol. The zero-order valence-electron chi connectivity index (χ0n) is 16.3. The third kappa shape index (κ3) is 5.21. The lowest BCUT2D eigenvalue weighted by atomic mass is 9.85.